The highest BCUT2D eigenvalue weighted by Crippen LogP contribution is 2.08. The zero-order valence-corrected chi connectivity index (χ0v) is 13.1. The molecule has 118 valence electrons. The molecule has 1 aliphatic heterocycles. The van der Waals surface area contributed by atoms with E-state index in [9.17, 15) is 4.79 Å². The maximum atomic E-state index is 12.4. The van der Waals surface area contributed by atoms with Gasteiger partial charge in [0.15, 0.2) is 0 Å². The minimum Gasteiger partial charge on any atom is -0.336 e. The van der Waals surface area contributed by atoms with Crippen LogP contribution < -0.4 is 0 Å². The molecule has 3 rings (SSSR count). The van der Waals surface area contributed by atoms with Crippen molar-refractivity contribution in [2.24, 2.45) is 0 Å². The Bertz CT molecular complexity index is 647. The standard InChI is InChI=1S/C19H21N3O/c23-19(18-8-10-20-11-9-18)22-15-13-21(14-16-22)12-4-7-17-5-2-1-3-6-17/h1-11H,12-16H2/b7-4+. The summed E-state index contributed by atoms with van der Waals surface area (Å²) in [4.78, 5) is 20.6. The minimum absolute atomic E-state index is 0.104. The van der Waals surface area contributed by atoms with Gasteiger partial charge >= 0.3 is 0 Å². The Morgan fingerprint density at radius 2 is 1.70 bits per heavy atom. The second kappa shape index (κ2) is 7.70. The zero-order valence-electron chi connectivity index (χ0n) is 13.1. The van der Waals surface area contributed by atoms with Crippen molar-refractivity contribution in [2.75, 3.05) is 32.7 Å². The number of hydrogen-bond donors (Lipinski definition) is 0. The second-order valence-corrected chi connectivity index (χ2v) is 5.64. The summed E-state index contributed by atoms with van der Waals surface area (Å²) in [6.07, 6.45) is 7.67. The van der Waals surface area contributed by atoms with Crippen LogP contribution in [0, 0.1) is 0 Å². The van der Waals surface area contributed by atoms with E-state index in [4.69, 9.17) is 0 Å². The number of piperazine rings is 1. The summed E-state index contributed by atoms with van der Waals surface area (Å²) < 4.78 is 0. The SMILES string of the molecule is O=C(c1ccncc1)N1CCN(C/C=C/c2ccccc2)CC1. The fourth-order valence-electron chi connectivity index (χ4n) is 2.71. The number of rotatable bonds is 4. The summed E-state index contributed by atoms with van der Waals surface area (Å²) in [6, 6.07) is 13.9. The van der Waals surface area contributed by atoms with Crippen molar-refractivity contribution in [3.05, 3.63) is 72.1 Å². The number of aromatic nitrogens is 1. The minimum atomic E-state index is 0.104. The van der Waals surface area contributed by atoms with Crippen molar-refractivity contribution in [2.45, 2.75) is 0 Å². The van der Waals surface area contributed by atoms with E-state index < -0.39 is 0 Å². The molecule has 1 aliphatic rings. The van der Waals surface area contributed by atoms with Crippen LogP contribution in [0.5, 0.6) is 0 Å². The van der Waals surface area contributed by atoms with E-state index in [1.165, 1.54) is 5.56 Å². The van der Waals surface area contributed by atoms with Gasteiger partial charge in [-0.2, -0.15) is 0 Å². The number of amides is 1. The molecule has 4 nitrogen and oxygen atoms in total. The third-order valence-corrected chi connectivity index (χ3v) is 4.06. The number of hydrogen-bond acceptors (Lipinski definition) is 3. The Labute approximate surface area is 137 Å². The van der Waals surface area contributed by atoms with Crippen LogP contribution in [-0.4, -0.2) is 53.4 Å². The first-order chi connectivity index (χ1) is 11.3. The van der Waals surface area contributed by atoms with Crippen molar-refractivity contribution >= 4 is 12.0 Å². The molecule has 1 saturated heterocycles. The fourth-order valence-corrected chi connectivity index (χ4v) is 2.71. The molecule has 0 bridgehead atoms. The average Bonchev–Trinajstić information content (AvgIpc) is 2.63. The van der Waals surface area contributed by atoms with Gasteiger partial charge in [-0.3, -0.25) is 14.7 Å². The summed E-state index contributed by atoms with van der Waals surface area (Å²) >= 11 is 0. The van der Waals surface area contributed by atoms with Gasteiger partial charge in [0.1, 0.15) is 0 Å². The molecule has 0 spiro atoms. The van der Waals surface area contributed by atoms with Crippen molar-refractivity contribution in [3.8, 4) is 0 Å². The number of pyridine rings is 1. The molecule has 1 fully saturated rings. The van der Waals surface area contributed by atoms with E-state index >= 15 is 0 Å². The predicted octanol–water partition coefficient (Wildman–Crippen LogP) is 2.55. The molecule has 1 aromatic carbocycles. The van der Waals surface area contributed by atoms with E-state index in [0.29, 0.717) is 0 Å². The molecule has 1 aromatic heterocycles. The molecule has 0 radical (unpaired) electrons. The highest BCUT2D eigenvalue weighted by Gasteiger charge is 2.21. The van der Waals surface area contributed by atoms with Gasteiger partial charge in [0.05, 0.1) is 0 Å². The highest BCUT2D eigenvalue weighted by atomic mass is 16.2. The van der Waals surface area contributed by atoms with Gasteiger partial charge in [-0.25, -0.2) is 0 Å². The van der Waals surface area contributed by atoms with Crippen molar-refractivity contribution in [1.82, 2.24) is 14.8 Å². The molecule has 0 atom stereocenters. The Morgan fingerprint density at radius 1 is 1.00 bits per heavy atom. The molecule has 1 amide bonds. The molecule has 0 N–H and O–H groups in total. The summed E-state index contributed by atoms with van der Waals surface area (Å²) in [7, 11) is 0. The lowest BCUT2D eigenvalue weighted by atomic mass is 10.2. The van der Waals surface area contributed by atoms with Gasteiger partial charge in [-0.1, -0.05) is 42.5 Å². The third kappa shape index (κ3) is 4.27. The van der Waals surface area contributed by atoms with Crippen LogP contribution in [-0.2, 0) is 0 Å². The lowest BCUT2D eigenvalue weighted by Crippen LogP contribution is -2.48. The molecule has 4 heteroatoms. The molecule has 0 unspecified atom stereocenters. The van der Waals surface area contributed by atoms with Gasteiger partial charge in [-0.15, -0.1) is 0 Å². The van der Waals surface area contributed by atoms with Gasteiger partial charge in [0.25, 0.3) is 5.91 Å². The normalized spacial score (nSPS) is 15.9. The smallest absolute Gasteiger partial charge is 0.254 e. The molecule has 2 heterocycles. The van der Waals surface area contributed by atoms with Crippen LogP contribution in [0.15, 0.2) is 60.9 Å². The first-order valence-electron chi connectivity index (χ1n) is 7.96. The Balaban J connectivity index is 1.47. The van der Waals surface area contributed by atoms with Gasteiger partial charge in [0, 0.05) is 50.7 Å². The largest absolute Gasteiger partial charge is 0.336 e. The van der Waals surface area contributed by atoms with Gasteiger partial charge in [-0.05, 0) is 17.7 Å². The maximum absolute atomic E-state index is 12.4. The van der Waals surface area contributed by atoms with Crippen LogP contribution in [0.3, 0.4) is 0 Å². The van der Waals surface area contributed by atoms with E-state index in [1.807, 2.05) is 23.1 Å². The summed E-state index contributed by atoms with van der Waals surface area (Å²) in [6.45, 7) is 4.30. The molecule has 2 aromatic rings. The Morgan fingerprint density at radius 3 is 2.39 bits per heavy atom. The van der Waals surface area contributed by atoms with Gasteiger partial charge < -0.3 is 4.90 Å². The van der Waals surface area contributed by atoms with Crippen LogP contribution in [0.1, 0.15) is 15.9 Å². The first-order valence-corrected chi connectivity index (χ1v) is 7.96. The second-order valence-electron chi connectivity index (χ2n) is 5.64. The van der Waals surface area contributed by atoms with Gasteiger partial charge in [0.2, 0.25) is 0 Å². The quantitative estimate of drug-likeness (QED) is 0.871. The lowest BCUT2D eigenvalue weighted by Gasteiger charge is -2.34. The van der Waals surface area contributed by atoms with E-state index in [-0.39, 0.29) is 5.91 Å². The van der Waals surface area contributed by atoms with Crippen molar-refractivity contribution < 1.29 is 4.79 Å². The fraction of sp³-hybridized carbons (Fsp3) is 0.263. The van der Waals surface area contributed by atoms with Crippen molar-refractivity contribution in [3.63, 3.8) is 0 Å². The summed E-state index contributed by atoms with van der Waals surface area (Å²) in [5.41, 5.74) is 1.94. The van der Waals surface area contributed by atoms with Crippen LogP contribution in [0.2, 0.25) is 0 Å². The predicted molar refractivity (Wildman–Crippen MR) is 92.1 cm³/mol. The number of carbonyl (C=O) groups is 1. The lowest BCUT2D eigenvalue weighted by molar-refractivity contribution is 0.0650. The summed E-state index contributed by atoms with van der Waals surface area (Å²) in [5.74, 6) is 0.104. The molecule has 0 saturated carbocycles. The van der Waals surface area contributed by atoms with E-state index in [2.05, 4.69) is 34.2 Å². The van der Waals surface area contributed by atoms with E-state index in [1.54, 1.807) is 24.5 Å². The van der Waals surface area contributed by atoms with E-state index in [0.717, 1.165) is 38.3 Å². The number of nitrogens with zero attached hydrogens (tertiary/aromatic N) is 3. The number of benzene rings is 1. The van der Waals surface area contributed by atoms with Crippen LogP contribution in [0.25, 0.3) is 6.08 Å². The van der Waals surface area contributed by atoms with Crippen LogP contribution in [0.4, 0.5) is 0 Å². The van der Waals surface area contributed by atoms with Crippen LogP contribution >= 0.6 is 0 Å². The average molecular weight is 307 g/mol. The summed E-state index contributed by atoms with van der Waals surface area (Å²) in [5, 5.41) is 0. The number of carbonyl (C=O) groups excluding carboxylic acids is 1. The monoisotopic (exact) mass is 307 g/mol. The zero-order chi connectivity index (χ0) is 15.9. The Hall–Kier alpha value is -2.46. The van der Waals surface area contributed by atoms with Crippen molar-refractivity contribution in [1.29, 1.82) is 0 Å². The molecule has 0 aliphatic carbocycles. The molecular weight excluding hydrogens is 286 g/mol. The molecular formula is C19H21N3O. The highest BCUT2D eigenvalue weighted by molar-refractivity contribution is 5.94. The first kappa shape index (κ1) is 15.4. The third-order valence-electron chi connectivity index (χ3n) is 4.06. The molecule has 23 heavy (non-hydrogen) atoms. The maximum Gasteiger partial charge on any atom is 0.254 e. The topological polar surface area (TPSA) is 36.4 Å². The Kier molecular flexibility index (Phi) is 5.17.